The van der Waals surface area contributed by atoms with Gasteiger partial charge in [0.2, 0.25) is 0 Å². The highest BCUT2D eigenvalue weighted by Gasteiger charge is 2.24. The first kappa shape index (κ1) is 33.4. The number of fused-ring (bicyclic) bond motifs is 9. The van der Waals surface area contributed by atoms with Gasteiger partial charge in [0.25, 0.3) is 0 Å². The second-order valence-electron chi connectivity index (χ2n) is 15.2. The molecule has 8 aromatic carbocycles. The summed E-state index contributed by atoms with van der Waals surface area (Å²) in [5.74, 6) is 0. The Hall–Kier alpha value is -6.72. The summed E-state index contributed by atoms with van der Waals surface area (Å²) in [5, 5.41) is 7.82. The molecule has 12 rings (SSSR count). The molecule has 0 bridgehead atoms. The minimum atomic E-state index is 0.927. The SMILES string of the molecule is C1=C(c2cc(-n3c4ccccc4c4cc(-c5ccccc5)ccc43)cc3c2sc2ccccc23)CCC(N(c2ccccc2)c2cccc3c2sc2ccccc23)=C1. The summed E-state index contributed by atoms with van der Waals surface area (Å²) in [5.41, 5.74) is 12.5. The third kappa shape index (κ3) is 5.30. The summed E-state index contributed by atoms with van der Waals surface area (Å²) >= 11 is 3.81. The number of para-hydroxylation sites is 2. The second-order valence-corrected chi connectivity index (χ2v) is 17.3. The lowest BCUT2D eigenvalue weighted by Gasteiger charge is -2.30. The van der Waals surface area contributed by atoms with E-state index in [-0.39, 0.29) is 0 Å². The van der Waals surface area contributed by atoms with E-state index < -0.39 is 0 Å². The lowest BCUT2D eigenvalue weighted by molar-refractivity contribution is 0.933. The summed E-state index contributed by atoms with van der Waals surface area (Å²) in [4.78, 5) is 2.50. The molecule has 0 unspecified atom stereocenters. The monoisotopic (exact) mass is 776 g/mol. The maximum absolute atomic E-state index is 2.50. The number of hydrogen-bond acceptors (Lipinski definition) is 3. The van der Waals surface area contributed by atoms with E-state index in [0.717, 1.165) is 12.8 Å². The van der Waals surface area contributed by atoms with E-state index in [2.05, 4.69) is 204 Å². The topological polar surface area (TPSA) is 8.17 Å². The third-order valence-electron chi connectivity index (χ3n) is 11.9. The Morgan fingerprint density at radius 1 is 0.431 bits per heavy atom. The molecule has 0 atom stereocenters. The Morgan fingerprint density at radius 2 is 1.09 bits per heavy atom. The molecule has 274 valence electrons. The highest BCUT2D eigenvalue weighted by atomic mass is 32.1. The van der Waals surface area contributed by atoms with Gasteiger partial charge in [-0.1, -0.05) is 127 Å². The van der Waals surface area contributed by atoms with Crippen molar-refractivity contribution in [1.29, 1.82) is 0 Å². The molecule has 4 heteroatoms. The van der Waals surface area contributed by atoms with Gasteiger partial charge in [-0.2, -0.15) is 0 Å². The van der Waals surface area contributed by atoms with Gasteiger partial charge >= 0.3 is 0 Å². The van der Waals surface area contributed by atoms with Crippen LogP contribution >= 0.6 is 22.7 Å². The van der Waals surface area contributed by atoms with E-state index in [1.165, 1.54) is 107 Å². The van der Waals surface area contributed by atoms with Crippen molar-refractivity contribution in [2.75, 3.05) is 4.90 Å². The summed E-state index contributed by atoms with van der Waals surface area (Å²) in [6, 6.07) is 66.9. The van der Waals surface area contributed by atoms with Crippen LogP contribution in [0.15, 0.2) is 200 Å². The Balaban J connectivity index is 1.05. The molecule has 0 fully saturated rings. The highest BCUT2D eigenvalue weighted by Crippen LogP contribution is 2.47. The number of aromatic nitrogens is 1. The van der Waals surface area contributed by atoms with E-state index in [1.54, 1.807) is 0 Å². The molecule has 0 aliphatic heterocycles. The van der Waals surface area contributed by atoms with Crippen molar-refractivity contribution in [3.63, 3.8) is 0 Å². The van der Waals surface area contributed by atoms with Crippen LogP contribution in [-0.4, -0.2) is 4.57 Å². The molecule has 3 aromatic heterocycles. The van der Waals surface area contributed by atoms with Gasteiger partial charge in [0, 0.05) is 63.5 Å². The van der Waals surface area contributed by atoms with Gasteiger partial charge in [-0.25, -0.2) is 0 Å². The number of benzene rings is 8. The van der Waals surface area contributed by atoms with Gasteiger partial charge in [0.15, 0.2) is 0 Å². The van der Waals surface area contributed by atoms with E-state index in [9.17, 15) is 0 Å². The normalized spacial score (nSPS) is 13.2. The van der Waals surface area contributed by atoms with Crippen molar-refractivity contribution in [2.45, 2.75) is 12.8 Å². The van der Waals surface area contributed by atoms with Crippen LogP contribution in [0.25, 0.3) is 84.5 Å². The zero-order chi connectivity index (χ0) is 38.2. The van der Waals surface area contributed by atoms with Crippen molar-refractivity contribution in [1.82, 2.24) is 4.57 Å². The molecule has 0 spiro atoms. The molecule has 1 aliphatic carbocycles. The van der Waals surface area contributed by atoms with Crippen LogP contribution in [0.3, 0.4) is 0 Å². The fourth-order valence-electron chi connectivity index (χ4n) is 9.22. The number of hydrogen-bond donors (Lipinski definition) is 0. The largest absolute Gasteiger partial charge is 0.313 e. The van der Waals surface area contributed by atoms with Crippen molar-refractivity contribution in [3.8, 4) is 16.8 Å². The van der Waals surface area contributed by atoms with Crippen LogP contribution in [0.4, 0.5) is 11.4 Å². The minimum Gasteiger partial charge on any atom is -0.313 e. The van der Waals surface area contributed by atoms with Gasteiger partial charge in [0.05, 0.1) is 21.4 Å². The van der Waals surface area contributed by atoms with Crippen LogP contribution in [0.5, 0.6) is 0 Å². The molecule has 0 amide bonds. The van der Waals surface area contributed by atoms with E-state index in [1.807, 2.05) is 22.7 Å². The average Bonchev–Trinajstić information content (AvgIpc) is 3.97. The molecule has 0 N–H and O–H groups in total. The van der Waals surface area contributed by atoms with E-state index in [4.69, 9.17) is 0 Å². The van der Waals surface area contributed by atoms with Crippen molar-refractivity contribution in [3.05, 3.63) is 205 Å². The van der Waals surface area contributed by atoms with Crippen molar-refractivity contribution < 1.29 is 0 Å². The van der Waals surface area contributed by atoms with E-state index >= 15 is 0 Å². The molecule has 0 radical (unpaired) electrons. The molecule has 58 heavy (non-hydrogen) atoms. The number of thiophene rings is 2. The van der Waals surface area contributed by atoms with Gasteiger partial charge in [-0.05, 0) is 102 Å². The van der Waals surface area contributed by atoms with Crippen LogP contribution < -0.4 is 4.90 Å². The smallest absolute Gasteiger partial charge is 0.0637 e. The molecular weight excluding hydrogens is 741 g/mol. The van der Waals surface area contributed by atoms with Gasteiger partial charge in [0.1, 0.15) is 0 Å². The number of allylic oxidation sites excluding steroid dienone is 4. The Kier molecular flexibility index (Phi) is 7.75. The fraction of sp³-hybridized carbons (Fsp3) is 0.0370. The summed E-state index contributed by atoms with van der Waals surface area (Å²) in [6.45, 7) is 0. The van der Waals surface area contributed by atoms with Gasteiger partial charge in [-0.3, -0.25) is 0 Å². The first-order chi connectivity index (χ1) is 28.8. The van der Waals surface area contributed by atoms with Gasteiger partial charge in [-0.15, -0.1) is 22.7 Å². The molecule has 0 saturated heterocycles. The molecule has 11 aromatic rings. The maximum atomic E-state index is 2.50. The molecular formula is C54H36N2S2. The average molecular weight is 777 g/mol. The van der Waals surface area contributed by atoms with Crippen molar-refractivity contribution in [2.24, 2.45) is 0 Å². The zero-order valence-electron chi connectivity index (χ0n) is 31.6. The summed E-state index contributed by atoms with van der Waals surface area (Å²) in [7, 11) is 0. The third-order valence-corrected chi connectivity index (χ3v) is 14.3. The predicted molar refractivity (Wildman–Crippen MR) is 252 cm³/mol. The molecule has 3 heterocycles. The van der Waals surface area contributed by atoms with Crippen LogP contribution in [0.1, 0.15) is 18.4 Å². The summed E-state index contributed by atoms with van der Waals surface area (Å²) < 4.78 is 7.82. The van der Waals surface area contributed by atoms with Gasteiger partial charge < -0.3 is 9.47 Å². The van der Waals surface area contributed by atoms with Crippen LogP contribution in [-0.2, 0) is 0 Å². The lowest BCUT2D eigenvalue weighted by atomic mass is 9.93. The fourth-order valence-corrected chi connectivity index (χ4v) is 11.7. The number of anilines is 2. The lowest BCUT2D eigenvalue weighted by Crippen LogP contribution is -2.18. The highest BCUT2D eigenvalue weighted by molar-refractivity contribution is 7.26. The van der Waals surface area contributed by atoms with E-state index in [0.29, 0.717) is 0 Å². The second kappa shape index (κ2) is 13.5. The first-order valence-corrected chi connectivity index (χ1v) is 21.6. The predicted octanol–water partition coefficient (Wildman–Crippen LogP) is 16.1. The molecule has 0 saturated carbocycles. The minimum absolute atomic E-state index is 0.927. The molecule has 1 aliphatic rings. The number of nitrogens with zero attached hydrogens (tertiary/aromatic N) is 2. The standard InChI is InChI=1S/C54H36N2S2/c1-3-14-35(15-4-1)37-28-31-49-46(32-37)41-18-7-10-22-48(41)56(49)40-33-45(53-47(34-40)43-20-9-12-25-52(43)57-53)36-26-29-39(30-27-36)55(38-16-5-2-6-17-38)50-23-13-21-44-42-19-8-11-24-51(42)58-54(44)50/h1-26,28-29,31-34H,27,30H2. The Labute approximate surface area is 344 Å². The quantitative estimate of drug-likeness (QED) is 0.163. The maximum Gasteiger partial charge on any atom is 0.0637 e. The molecule has 2 nitrogen and oxygen atoms in total. The van der Waals surface area contributed by atoms with Crippen molar-refractivity contribution >= 4 is 102 Å². The summed E-state index contributed by atoms with van der Waals surface area (Å²) in [6.07, 6.45) is 6.66. The Bertz CT molecular complexity index is 3450. The van der Waals surface area contributed by atoms with Crippen LogP contribution in [0, 0.1) is 0 Å². The Morgan fingerprint density at radius 3 is 1.86 bits per heavy atom. The first-order valence-electron chi connectivity index (χ1n) is 20.0. The zero-order valence-corrected chi connectivity index (χ0v) is 33.2. The number of rotatable bonds is 6. The van der Waals surface area contributed by atoms with Crippen LogP contribution in [0.2, 0.25) is 0 Å².